The Labute approximate surface area is 103 Å². The van der Waals surface area contributed by atoms with Gasteiger partial charge in [0, 0.05) is 13.5 Å². The number of methoxy groups -OCH3 is 1. The Balaban J connectivity index is 2.14. The fourth-order valence-electron chi connectivity index (χ4n) is 1.95. The minimum Gasteiger partial charge on any atom is -0.376 e. The Morgan fingerprint density at radius 3 is 2.18 bits per heavy atom. The molecule has 2 aromatic rings. The maximum absolute atomic E-state index is 5.58. The van der Waals surface area contributed by atoms with Gasteiger partial charge >= 0.3 is 0 Å². The molecular formula is C16H18O. The van der Waals surface area contributed by atoms with E-state index < -0.39 is 0 Å². The Hall–Kier alpha value is -1.60. The Bertz CT molecular complexity index is 445. The van der Waals surface area contributed by atoms with E-state index >= 15 is 0 Å². The highest BCUT2D eigenvalue weighted by atomic mass is 16.5. The van der Waals surface area contributed by atoms with E-state index in [0.29, 0.717) is 0 Å². The highest BCUT2D eigenvalue weighted by Crippen LogP contribution is 2.21. The van der Waals surface area contributed by atoms with Crippen LogP contribution < -0.4 is 0 Å². The Morgan fingerprint density at radius 2 is 1.59 bits per heavy atom. The van der Waals surface area contributed by atoms with Crippen LogP contribution in [0.2, 0.25) is 0 Å². The van der Waals surface area contributed by atoms with Crippen LogP contribution in [0.3, 0.4) is 0 Å². The zero-order valence-electron chi connectivity index (χ0n) is 10.4. The van der Waals surface area contributed by atoms with Crippen LogP contribution in [0.4, 0.5) is 0 Å². The summed E-state index contributed by atoms with van der Waals surface area (Å²) in [5.74, 6) is 0. The molecule has 0 aliphatic rings. The number of benzene rings is 2. The highest BCUT2D eigenvalue weighted by molar-refractivity contribution is 5.25. The number of ether oxygens (including phenoxy) is 1. The van der Waals surface area contributed by atoms with Crippen molar-refractivity contribution in [2.45, 2.75) is 19.4 Å². The molecule has 1 nitrogen and oxygen atoms in total. The van der Waals surface area contributed by atoms with E-state index in [4.69, 9.17) is 4.74 Å². The normalized spacial score (nSPS) is 12.4. The first-order chi connectivity index (χ1) is 8.29. The van der Waals surface area contributed by atoms with Gasteiger partial charge in [0.2, 0.25) is 0 Å². The standard InChI is InChI=1S/C16H18O/c1-13-8-10-15(11-9-13)16(17-2)12-14-6-4-3-5-7-14/h3-11,16H,12H2,1-2H3. The SMILES string of the molecule is COC(Cc1ccccc1)c1ccc(C)cc1. The molecule has 0 heterocycles. The topological polar surface area (TPSA) is 9.23 Å². The van der Waals surface area contributed by atoms with Crippen LogP contribution in [0.25, 0.3) is 0 Å². The van der Waals surface area contributed by atoms with Crippen LogP contribution in [-0.2, 0) is 11.2 Å². The molecule has 17 heavy (non-hydrogen) atoms. The predicted molar refractivity (Wildman–Crippen MR) is 71.1 cm³/mol. The van der Waals surface area contributed by atoms with Crippen molar-refractivity contribution in [3.63, 3.8) is 0 Å². The molecule has 1 heteroatoms. The van der Waals surface area contributed by atoms with Gasteiger partial charge in [-0.1, -0.05) is 60.2 Å². The molecule has 0 N–H and O–H groups in total. The van der Waals surface area contributed by atoms with Crippen molar-refractivity contribution in [3.05, 3.63) is 71.3 Å². The number of hydrogen-bond acceptors (Lipinski definition) is 1. The summed E-state index contributed by atoms with van der Waals surface area (Å²) in [6.45, 7) is 2.10. The van der Waals surface area contributed by atoms with E-state index in [2.05, 4.69) is 55.5 Å². The maximum Gasteiger partial charge on any atom is 0.0861 e. The molecule has 1 unspecified atom stereocenters. The van der Waals surface area contributed by atoms with E-state index in [-0.39, 0.29) is 6.10 Å². The van der Waals surface area contributed by atoms with Gasteiger partial charge in [-0.3, -0.25) is 0 Å². The van der Waals surface area contributed by atoms with E-state index in [9.17, 15) is 0 Å². The van der Waals surface area contributed by atoms with Crippen LogP contribution in [0.1, 0.15) is 22.8 Å². The summed E-state index contributed by atoms with van der Waals surface area (Å²) in [6.07, 6.45) is 1.05. The van der Waals surface area contributed by atoms with E-state index in [0.717, 1.165) is 6.42 Å². The summed E-state index contributed by atoms with van der Waals surface area (Å²) in [4.78, 5) is 0. The van der Waals surface area contributed by atoms with Crippen molar-refractivity contribution in [2.24, 2.45) is 0 Å². The summed E-state index contributed by atoms with van der Waals surface area (Å²) >= 11 is 0. The van der Waals surface area contributed by atoms with Crippen LogP contribution in [0.15, 0.2) is 54.6 Å². The molecular weight excluding hydrogens is 208 g/mol. The van der Waals surface area contributed by atoms with E-state index in [1.165, 1.54) is 16.7 Å². The third-order valence-electron chi connectivity index (χ3n) is 3.00. The van der Waals surface area contributed by atoms with Gasteiger partial charge in [0.1, 0.15) is 0 Å². The fourth-order valence-corrected chi connectivity index (χ4v) is 1.95. The van der Waals surface area contributed by atoms with Crippen molar-refractivity contribution >= 4 is 0 Å². The molecule has 88 valence electrons. The van der Waals surface area contributed by atoms with Crippen LogP contribution in [0.5, 0.6) is 0 Å². The first-order valence-electron chi connectivity index (χ1n) is 5.93. The minimum absolute atomic E-state index is 0.137. The second-order valence-electron chi connectivity index (χ2n) is 4.32. The lowest BCUT2D eigenvalue weighted by Gasteiger charge is -2.16. The molecule has 0 saturated carbocycles. The molecule has 0 aliphatic carbocycles. The summed E-state index contributed by atoms with van der Waals surface area (Å²) < 4.78 is 5.58. The molecule has 0 aromatic heterocycles. The van der Waals surface area contributed by atoms with Gasteiger partial charge in [-0.25, -0.2) is 0 Å². The minimum atomic E-state index is 0.137. The largest absolute Gasteiger partial charge is 0.376 e. The summed E-state index contributed by atoms with van der Waals surface area (Å²) in [5.41, 5.74) is 3.82. The van der Waals surface area contributed by atoms with Crippen LogP contribution in [-0.4, -0.2) is 7.11 Å². The van der Waals surface area contributed by atoms with E-state index in [1.54, 1.807) is 7.11 Å². The zero-order valence-corrected chi connectivity index (χ0v) is 10.4. The van der Waals surface area contributed by atoms with E-state index in [1.807, 2.05) is 6.07 Å². The molecule has 0 radical (unpaired) electrons. The zero-order chi connectivity index (χ0) is 12.1. The highest BCUT2D eigenvalue weighted by Gasteiger charge is 2.10. The third kappa shape index (κ3) is 3.18. The summed E-state index contributed by atoms with van der Waals surface area (Å²) in [6, 6.07) is 19.0. The Kier molecular flexibility index (Phi) is 3.94. The number of hydrogen-bond donors (Lipinski definition) is 0. The number of aryl methyl sites for hydroxylation is 1. The molecule has 0 aliphatic heterocycles. The molecule has 0 bridgehead atoms. The van der Waals surface area contributed by atoms with Crippen LogP contribution in [0, 0.1) is 6.92 Å². The first kappa shape index (κ1) is 11.9. The molecule has 0 amide bonds. The predicted octanol–water partition coefficient (Wildman–Crippen LogP) is 3.93. The molecule has 2 aromatic carbocycles. The van der Waals surface area contributed by atoms with Gasteiger partial charge < -0.3 is 4.74 Å². The second-order valence-corrected chi connectivity index (χ2v) is 4.32. The third-order valence-corrected chi connectivity index (χ3v) is 3.00. The smallest absolute Gasteiger partial charge is 0.0861 e. The average Bonchev–Trinajstić information content (AvgIpc) is 2.38. The molecule has 1 atom stereocenters. The maximum atomic E-state index is 5.58. The van der Waals surface area contributed by atoms with Crippen LogP contribution >= 0.6 is 0 Å². The first-order valence-corrected chi connectivity index (χ1v) is 5.93. The lowest BCUT2D eigenvalue weighted by Crippen LogP contribution is -2.05. The van der Waals surface area contributed by atoms with Gasteiger partial charge in [0.05, 0.1) is 6.10 Å². The van der Waals surface area contributed by atoms with Gasteiger partial charge in [-0.15, -0.1) is 0 Å². The number of rotatable bonds is 4. The quantitative estimate of drug-likeness (QED) is 0.767. The van der Waals surface area contributed by atoms with Crippen molar-refractivity contribution < 1.29 is 4.74 Å². The molecule has 2 rings (SSSR count). The van der Waals surface area contributed by atoms with Crippen molar-refractivity contribution in [1.29, 1.82) is 0 Å². The van der Waals surface area contributed by atoms with Crippen molar-refractivity contribution in [1.82, 2.24) is 0 Å². The summed E-state index contributed by atoms with van der Waals surface area (Å²) in [5, 5.41) is 0. The summed E-state index contributed by atoms with van der Waals surface area (Å²) in [7, 11) is 1.77. The average molecular weight is 226 g/mol. The molecule has 0 fully saturated rings. The Morgan fingerprint density at radius 1 is 0.941 bits per heavy atom. The van der Waals surface area contributed by atoms with Crippen molar-refractivity contribution in [2.75, 3.05) is 7.11 Å². The lowest BCUT2D eigenvalue weighted by molar-refractivity contribution is 0.104. The molecule has 0 saturated heterocycles. The van der Waals surface area contributed by atoms with Gasteiger partial charge in [0.15, 0.2) is 0 Å². The van der Waals surface area contributed by atoms with Gasteiger partial charge in [0.25, 0.3) is 0 Å². The van der Waals surface area contributed by atoms with Crippen molar-refractivity contribution in [3.8, 4) is 0 Å². The van der Waals surface area contributed by atoms with Gasteiger partial charge in [-0.2, -0.15) is 0 Å². The molecule has 0 spiro atoms. The van der Waals surface area contributed by atoms with Gasteiger partial charge in [-0.05, 0) is 18.1 Å². The second kappa shape index (κ2) is 5.65. The fraction of sp³-hybridized carbons (Fsp3) is 0.250. The lowest BCUT2D eigenvalue weighted by atomic mass is 10.0. The monoisotopic (exact) mass is 226 g/mol.